The van der Waals surface area contributed by atoms with Crippen LogP contribution in [0.4, 0.5) is 0 Å². The van der Waals surface area contributed by atoms with Crippen molar-refractivity contribution in [2.24, 2.45) is 0 Å². The van der Waals surface area contributed by atoms with Crippen molar-refractivity contribution in [3.63, 3.8) is 0 Å². The summed E-state index contributed by atoms with van der Waals surface area (Å²) in [5.41, 5.74) is 8.56. The molecule has 0 saturated carbocycles. The molecule has 0 aromatic heterocycles. The molecule has 0 N–H and O–H groups in total. The molecule has 6 aromatic rings. The van der Waals surface area contributed by atoms with Crippen molar-refractivity contribution < 1.29 is 0 Å². The van der Waals surface area contributed by atoms with Crippen molar-refractivity contribution in [1.29, 1.82) is 0 Å². The Labute approximate surface area is 255 Å². The molecule has 0 unspecified atom stereocenters. The van der Waals surface area contributed by atoms with Crippen molar-refractivity contribution in [2.75, 3.05) is 0 Å². The van der Waals surface area contributed by atoms with Crippen molar-refractivity contribution >= 4 is 41.2 Å². The zero-order valence-corrected chi connectivity index (χ0v) is 25.1. The molecule has 0 fully saturated rings. The van der Waals surface area contributed by atoms with E-state index in [9.17, 15) is 0 Å². The molecule has 0 heterocycles. The van der Waals surface area contributed by atoms with Crippen LogP contribution in [0.2, 0.25) is 0 Å². The zero-order valence-electron chi connectivity index (χ0n) is 21.7. The fourth-order valence-corrected chi connectivity index (χ4v) is 6.58. The van der Waals surface area contributed by atoms with Crippen LogP contribution in [0.5, 0.6) is 0 Å². The molecule has 0 aliphatic rings. The van der Waals surface area contributed by atoms with Crippen molar-refractivity contribution in [3.05, 3.63) is 178 Å². The van der Waals surface area contributed by atoms with Gasteiger partial charge in [0.25, 0.3) is 0 Å². The molecule has 0 radical (unpaired) electrons. The Hall–Kier alpha value is -3.50. The third-order valence-corrected chi connectivity index (χ3v) is 8.77. The molecule has 0 bridgehead atoms. The third-order valence-electron chi connectivity index (χ3n) is 7.49. The molecule has 0 atom stereocenters. The summed E-state index contributed by atoms with van der Waals surface area (Å²) in [6.45, 7) is 0. The van der Waals surface area contributed by atoms with Gasteiger partial charge in [0.15, 0.2) is 0 Å². The fourth-order valence-electron chi connectivity index (χ4n) is 5.65. The van der Waals surface area contributed by atoms with Gasteiger partial charge in [0.1, 0.15) is 0 Å². The van der Waals surface area contributed by atoms with E-state index in [4.69, 9.17) is 25.3 Å². The Kier molecular flexibility index (Phi) is 7.71. The molecule has 0 aliphatic heterocycles. The van der Waals surface area contributed by atoms with Gasteiger partial charge in [-0.25, -0.2) is 0 Å². The van der Waals surface area contributed by atoms with Crippen molar-refractivity contribution in [3.8, 4) is 22.3 Å². The molecule has 194 valence electrons. The zero-order chi connectivity index (χ0) is 27.5. The minimum Gasteiger partial charge on any atom is -0.143 e. The van der Waals surface area contributed by atoms with Gasteiger partial charge in [-0.2, -0.15) is 0 Å². The van der Waals surface area contributed by atoms with Crippen LogP contribution in [0.15, 0.2) is 166 Å². The van der Waals surface area contributed by atoms with E-state index < -0.39 is 5.41 Å². The number of thiol groups is 2. The first-order chi connectivity index (χ1) is 19.6. The standard InChI is InChI=1S/C37H27BrS2/c38-32-18-10-17-29(23-32)37(28-15-8-3-9-16-28,30-19-21-35(39)33(24-30)26-11-4-1-5-12-26)31-20-22-36(40)34(25-31)27-13-6-2-7-14-27/h1-25,39-40H. The van der Waals surface area contributed by atoms with E-state index in [1.54, 1.807) is 0 Å². The summed E-state index contributed by atoms with van der Waals surface area (Å²) in [7, 11) is 0. The highest BCUT2D eigenvalue weighted by atomic mass is 79.9. The van der Waals surface area contributed by atoms with Gasteiger partial charge in [-0.3, -0.25) is 0 Å². The molecule has 3 heteroatoms. The Morgan fingerprint density at radius 2 is 0.825 bits per heavy atom. The van der Waals surface area contributed by atoms with Gasteiger partial charge >= 0.3 is 0 Å². The van der Waals surface area contributed by atoms with Crippen LogP contribution >= 0.6 is 41.2 Å². The summed E-state index contributed by atoms with van der Waals surface area (Å²) in [6.07, 6.45) is 0. The highest BCUT2D eigenvalue weighted by Gasteiger charge is 2.39. The fraction of sp³-hybridized carbons (Fsp3) is 0.0270. The largest absolute Gasteiger partial charge is 0.143 e. The third kappa shape index (κ3) is 4.94. The van der Waals surface area contributed by atoms with Gasteiger partial charge in [0.05, 0.1) is 5.41 Å². The van der Waals surface area contributed by atoms with E-state index in [1.165, 1.54) is 22.3 Å². The first-order valence-corrected chi connectivity index (χ1v) is 14.9. The molecule has 40 heavy (non-hydrogen) atoms. The Balaban J connectivity index is 1.73. The quantitative estimate of drug-likeness (QED) is 0.135. The molecular weight excluding hydrogens is 588 g/mol. The molecule has 0 spiro atoms. The minimum atomic E-state index is -0.610. The van der Waals surface area contributed by atoms with E-state index in [2.05, 4.69) is 155 Å². The highest BCUT2D eigenvalue weighted by molar-refractivity contribution is 9.10. The van der Waals surface area contributed by atoms with Gasteiger partial charge in [0, 0.05) is 14.3 Å². The summed E-state index contributed by atoms with van der Waals surface area (Å²) < 4.78 is 1.04. The second-order valence-corrected chi connectivity index (χ2v) is 11.7. The molecule has 0 saturated heterocycles. The van der Waals surface area contributed by atoms with Crippen LogP contribution in [-0.2, 0) is 5.41 Å². The molecular formula is C37H27BrS2. The maximum absolute atomic E-state index is 4.89. The lowest BCUT2D eigenvalue weighted by molar-refractivity contribution is 0.743. The predicted octanol–water partition coefficient (Wildman–Crippen LogP) is 10.7. The van der Waals surface area contributed by atoms with E-state index >= 15 is 0 Å². The smallest absolute Gasteiger partial charge is 0.0702 e. The van der Waals surface area contributed by atoms with Crippen LogP contribution in [-0.4, -0.2) is 0 Å². The number of halogens is 1. The summed E-state index contributed by atoms with van der Waals surface area (Å²) in [5, 5.41) is 0. The lowest BCUT2D eigenvalue weighted by atomic mass is 9.64. The van der Waals surface area contributed by atoms with Gasteiger partial charge < -0.3 is 0 Å². The van der Waals surface area contributed by atoms with Gasteiger partial charge in [-0.15, -0.1) is 25.3 Å². The maximum atomic E-state index is 4.89. The van der Waals surface area contributed by atoms with Crippen molar-refractivity contribution in [2.45, 2.75) is 15.2 Å². The molecule has 6 rings (SSSR count). The molecule has 0 amide bonds. The van der Waals surface area contributed by atoms with E-state index in [1.807, 2.05) is 12.1 Å². The predicted molar refractivity (Wildman–Crippen MR) is 178 cm³/mol. The Morgan fingerprint density at radius 1 is 0.400 bits per heavy atom. The summed E-state index contributed by atoms with van der Waals surface area (Å²) in [5.74, 6) is 0. The normalized spacial score (nSPS) is 11.4. The second-order valence-electron chi connectivity index (χ2n) is 9.82. The SMILES string of the molecule is Sc1ccc(C(c2ccccc2)(c2cccc(Br)c2)c2ccc(S)c(-c3ccccc3)c2)cc1-c1ccccc1. The average molecular weight is 616 g/mol. The lowest BCUT2D eigenvalue weighted by Gasteiger charge is -2.38. The Morgan fingerprint density at radius 3 is 1.30 bits per heavy atom. The number of hydrogen-bond acceptors (Lipinski definition) is 2. The van der Waals surface area contributed by atoms with Crippen LogP contribution in [0.3, 0.4) is 0 Å². The minimum absolute atomic E-state index is 0.610. The topological polar surface area (TPSA) is 0 Å². The Bertz CT molecular complexity index is 1670. The molecule has 0 nitrogen and oxygen atoms in total. The lowest BCUT2D eigenvalue weighted by Crippen LogP contribution is -2.31. The van der Waals surface area contributed by atoms with E-state index in [0.29, 0.717) is 0 Å². The molecule has 0 aliphatic carbocycles. The monoisotopic (exact) mass is 614 g/mol. The number of benzene rings is 6. The van der Waals surface area contributed by atoms with Gasteiger partial charge in [0.2, 0.25) is 0 Å². The summed E-state index contributed by atoms with van der Waals surface area (Å²) >= 11 is 13.6. The van der Waals surface area contributed by atoms with Gasteiger partial charge in [-0.1, -0.05) is 131 Å². The average Bonchev–Trinajstić information content (AvgIpc) is 3.00. The van der Waals surface area contributed by atoms with Crippen LogP contribution in [0.25, 0.3) is 22.3 Å². The number of hydrogen-bond donors (Lipinski definition) is 2. The maximum Gasteiger partial charge on any atom is 0.0702 e. The van der Waals surface area contributed by atoms with Crippen molar-refractivity contribution in [1.82, 2.24) is 0 Å². The number of rotatable bonds is 6. The van der Waals surface area contributed by atoms with E-state index in [0.717, 1.165) is 36.5 Å². The second kappa shape index (κ2) is 11.5. The summed E-state index contributed by atoms with van der Waals surface area (Å²) in [4.78, 5) is 1.89. The van der Waals surface area contributed by atoms with E-state index in [-0.39, 0.29) is 0 Å². The molecule has 6 aromatic carbocycles. The first-order valence-electron chi connectivity index (χ1n) is 13.2. The first kappa shape index (κ1) is 26.7. The summed E-state index contributed by atoms with van der Waals surface area (Å²) in [6, 6.07) is 53.7. The van der Waals surface area contributed by atoms with Gasteiger partial charge in [-0.05, 0) is 80.9 Å². The highest BCUT2D eigenvalue weighted by Crippen LogP contribution is 2.48. The van der Waals surface area contributed by atoms with Crippen LogP contribution < -0.4 is 0 Å². The van der Waals surface area contributed by atoms with Crippen LogP contribution in [0.1, 0.15) is 22.3 Å². The van der Waals surface area contributed by atoms with Crippen LogP contribution in [0, 0.1) is 0 Å².